The van der Waals surface area contributed by atoms with Crippen LogP contribution in [0.3, 0.4) is 0 Å². The molecule has 0 spiro atoms. The average molecular weight is 328 g/mol. The molecule has 2 heterocycles. The minimum absolute atomic E-state index is 0.0216. The van der Waals surface area contributed by atoms with E-state index in [4.69, 9.17) is 0 Å². The number of halogens is 3. The highest BCUT2D eigenvalue weighted by molar-refractivity contribution is 7.88. The molecule has 2 fully saturated rings. The lowest BCUT2D eigenvalue weighted by Gasteiger charge is -2.36. The van der Waals surface area contributed by atoms with Crippen molar-refractivity contribution in [1.29, 1.82) is 0 Å². The van der Waals surface area contributed by atoms with Gasteiger partial charge in [0.1, 0.15) is 6.04 Å². The van der Waals surface area contributed by atoms with Gasteiger partial charge in [-0.15, -0.1) is 0 Å². The van der Waals surface area contributed by atoms with Crippen LogP contribution >= 0.6 is 0 Å². The maximum Gasteiger partial charge on any atom is 0.393 e. The molecule has 0 bridgehead atoms. The van der Waals surface area contributed by atoms with Gasteiger partial charge in [-0.05, 0) is 25.7 Å². The number of rotatable bonds is 2. The van der Waals surface area contributed by atoms with Crippen molar-refractivity contribution in [2.75, 3.05) is 25.9 Å². The second-order valence-corrected chi connectivity index (χ2v) is 7.63. The Balaban J connectivity index is 2.09. The van der Waals surface area contributed by atoms with Gasteiger partial charge < -0.3 is 4.90 Å². The fourth-order valence-corrected chi connectivity index (χ4v) is 4.16. The number of nitrogens with zero attached hydrogens (tertiary/aromatic N) is 2. The number of carbonyl (C=O) groups excluding carboxylic acids is 1. The Hall–Kier alpha value is -0.830. The van der Waals surface area contributed by atoms with E-state index in [0.29, 0.717) is 19.3 Å². The Kier molecular flexibility index (Phi) is 4.53. The normalized spacial score (nSPS) is 28.9. The molecule has 2 saturated heterocycles. The Morgan fingerprint density at radius 3 is 2.33 bits per heavy atom. The van der Waals surface area contributed by atoms with Gasteiger partial charge in [0.25, 0.3) is 0 Å². The second kappa shape index (κ2) is 5.75. The van der Waals surface area contributed by atoms with Gasteiger partial charge >= 0.3 is 6.18 Å². The van der Waals surface area contributed by atoms with Crippen LogP contribution in [0.2, 0.25) is 0 Å². The van der Waals surface area contributed by atoms with Crippen LogP contribution in [0.1, 0.15) is 25.7 Å². The summed E-state index contributed by atoms with van der Waals surface area (Å²) in [6.45, 7) is 0.154. The smallest absolute Gasteiger partial charge is 0.341 e. The molecule has 0 N–H and O–H groups in total. The summed E-state index contributed by atoms with van der Waals surface area (Å²) in [4.78, 5) is 13.6. The summed E-state index contributed by atoms with van der Waals surface area (Å²) in [6.07, 6.45) is -2.05. The van der Waals surface area contributed by atoms with Gasteiger partial charge in [-0.1, -0.05) is 0 Å². The number of amides is 1. The van der Waals surface area contributed by atoms with Gasteiger partial charge in [0, 0.05) is 19.6 Å². The molecular weight excluding hydrogens is 309 g/mol. The monoisotopic (exact) mass is 328 g/mol. The fourth-order valence-electron chi connectivity index (χ4n) is 3.04. The van der Waals surface area contributed by atoms with E-state index in [0.717, 1.165) is 10.6 Å². The zero-order valence-electron chi connectivity index (χ0n) is 11.8. The van der Waals surface area contributed by atoms with Gasteiger partial charge in [0.05, 0.1) is 12.2 Å². The number of carbonyl (C=O) groups is 1. The maximum absolute atomic E-state index is 12.8. The molecule has 0 aromatic carbocycles. The van der Waals surface area contributed by atoms with Crippen LogP contribution in [0.25, 0.3) is 0 Å². The van der Waals surface area contributed by atoms with E-state index < -0.39 is 34.1 Å². The van der Waals surface area contributed by atoms with E-state index >= 15 is 0 Å². The Morgan fingerprint density at radius 1 is 1.14 bits per heavy atom. The van der Waals surface area contributed by atoms with Crippen molar-refractivity contribution in [3.63, 3.8) is 0 Å². The van der Waals surface area contributed by atoms with Gasteiger partial charge in [0.15, 0.2) is 0 Å². The van der Waals surface area contributed by atoms with Crippen molar-refractivity contribution < 1.29 is 26.4 Å². The molecule has 0 radical (unpaired) electrons. The van der Waals surface area contributed by atoms with Crippen molar-refractivity contribution in [2.45, 2.75) is 37.9 Å². The third-order valence-corrected chi connectivity index (χ3v) is 5.40. The summed E-state index contributed by atoms with van der Waals surface area (Å²) in [6, 6.07) is -0.841. The molecular formula is C12H19F3N2O3S. The first-order valence-corrected chi connectivity index (χ1v) is 8.78. The summed E-state index contributed by atoms with van der Waals surface area (Å²) in [7, 11) is -3.51. The van der Waals surface area contributed by atoms with E-state index in [9.17, 15) is 26.4 Å². The SMILES string of the molecule is CS(=O)(=O)N1CCC[C@H]1C(=O)N1CCC[C@@H](C(F)(F)F)C1. The average Bonchev–Trinajstić information content (AvgIpc) is 2.86. The summed E-state index contributed by atoms with van der Waals surface area (Å²) >= 11 is 0. The molecule has 1 amide bonds. The molecule has 122 valence electrons. The van der Waals surface area contributed by atoms with Gasteiger partial charge in [0.2, 0.25) is 15.9 Å². The summed E-state index contributed by atoms with van der Waals surface area (Å²) in [5, 5.41) is 0. The predicted octanol–water partition coefficient (Wildman–Crippen LogP) is 1.21. The van der Waals surface area contributed by atoms with Crippen LogP contribution in [-0.2, 0) is 14.8 Å². The molecule has 0 saturated carbocycles. The van der Waals surface area contributed by atoms with E-state index in [2.05, 4.69) is 0 Å². The van der Waals surface area contributed by atoms with Crippen LogP contribution < -0.4 is 0 Å². The molecule has 0 aromatic heterocycles. The third-order valence-electron chi connectivity index (χ3n) is 4.11. The Labute approximate surface area is 122 Å². The molecule has 21 heavy (non-hydrogen) atoms. The Morgan fingerprint density at radius 2 is 1.76 bits per heavy atom. The van der Waals surface area contributed by atoms with E-state index in [1.165, 1.54) is 4.90 Å². The van der Waals surface area contributed by atoms with Crippen LogP contribution in [0.5, 0.6) is 0 Å². The lowest BCUT2D eigenvalue weighted by molar-refractivity contribution is -0.188. The standard InChI is InChI=1S/C12H19F3N2O3S/c1-21(19,20)17-7-3-5-10(17)11(18)16-6-2-4-9(8-16)12(13,14)15/h9-10H,2-8H2,1H3/t9-,10+/m1/s1. The lowest BCUT2D eigenvalue weighted by Crippen LogP contribution is -2.52. The van der Waals surface area contributed by atoms with Gasteiger partial charge in [-0.3, -0.25) is 4.79 Å². The molecule has 0 aliphatic carbocycles. The van der Waals surface area contributed by atoms with Crippen LogP contribution in [-0.4, -0.2) is 61.6 Å². The first kappa shape index (κ1) is 16.5. The number of hydrogen-bond acceptors (Lipinski definition) is 3. The molecule has 2 aliphatic rings. The first-order valence-electron chi connectivity index (χ1n) is 6.93. The largest absolute Gasteiger partial charge is 0.393 e. The third kappa shape index (κ3) is 3.68. The second-order valence-electron chi connectivity index (χ2n) is 5.70. The lowest BCUT2D eigenvalue weighted by atomic mass is 9.97. The first-order chi connectivity index (χ1) is 9.60. The topological polar surface area (TPSA) is 57.7 Å². The van der Waals surface area contributed by atoms with Crippen LogP contribution in [0.4, 0.5) is 13.2 Å². The highest BCUT2D eigenvalue weighted by Crippen LogP contribution is 2.34. The number of sulfonamides is 1. The van der Waals surface area contributed by atoms with Crippen molar-refractivity contribution in [3.8, 4) is 0 Å². The number of likely N-dealkylation sites (tertiary alicyclic amines) is 1. The van der Waals surface area contributed by atoms with Crippen molar-refractivity contribution >= 4 is 15.9 Å². The Bertz CT molecular complexity index is 506. The van der Waals surface area contributed by atoms with Crippen LogP contribution in [0.15, 0.2) is 0 Å². The van der Waals surface area contributed by atoms with Gasteiger partial charge in [-0.25, -0.2) is 8.42 Å². The molecule has 5 nitrogen and oxygen atoms in total. The molecule has 2 atom stereocenters. The minimum atomic E-state index is -4.31. The van der Waals surface area contributed by atoms with Gasteiger partial charge in [-0.2, -0.15) is 17.5 Å². The maximum atomic E-state index is 12.8. The zero-order chi connectivity index (χ0) is 15.8. The highest BCUT2D eigenvalue weighted by atomic mass is 32.2. The highest BCUT2D eigenvalue weighted by Gasteiger charge is 2.45. The minimum Gasteiger partial charge on any atom is -0.341 e. The molecule has 2 rings (SSSR count). The quantitative estimate of drug-likeness (QED) is 0.766. The van der Waals surface area contributed by atoms with Crippen LogP contribution in [0, 0.1) is 5.92 Å². The number of hydrogen-bond donors (Lipinski definition) is 0. The van der Waals surface area contributed by atoms with Crippen molar-refractivity contribution in [3.05, 3.63) is 0 Å². The predicted molar refractivity (Wildman–Crippen MR) is 69.9 cm³/mol. The molecule has 0 aromatic rings. The fraction of sp³-hybridized carbons (Fsp3) is 0.917. The molecule has 0 unspecified atom stereocenters. The molecule has 2 aliphatic heterocycles. The summed E-state index contributed by atoms with van der Waals surface area (Å²) in [5.74, 6) is -2.00. The van der Waals surface area contributed by atoms with E-state index in [-0.39, 0.29) is 26.1 Å². The van der Waals surface area contributed by atoms with E-state index in [1.54, 1.807) is 0 Å². The summed E-state index contributed by atoms with van der Waals surface area (Å²) < 4.78 is 62.7. The summed E-state index contributed by atoms with van der Waals surface area (Å²) in [5.41, 5.74) is 0. The van der Waals surface area contributed by atoms with Crippen molar-refractivity contribution in [2.24, 2.45) is 5.92 Å². The number of alkyl halides is 3. The van der Waals surface area contributed by atoms with E-state index in [1.807, 2.05) is 0 Å². The number of piperidine rings is 1. The molecule has 9 heteroatoms. The zero-order valence-corrected chi connectivity index (χ0v) is 12.6. The van der Waals surface area contributed by atoms with Crippen molar-refractivity contribution in [1.82, 2.24) is 9.21 Å².